The SMILES string of the molecule is CCOC(=O)Cn1c(=NC(=O)c2ccc(C)c([N+](=O)[O-])c2)sc2c(C)cc(C)cc21. The van der Waals surface area contributed by atoms with Gasteiger partial charge in [0.2, 0.25) is 0 Å². The number of thiazole rings is 1. The van der Waals surface area contributed by atoms with E-state index in [0.717, 1.165) is 21.3 Å². The summed E-state index contributed by atoms with van der Waals surface area (Å²) in [6.07, 6.45) is 0. The van der Waals surface area contributed by atoms with Gasteiger partial charge in [-0.2, -0.15) is 4.99 Å². The van der Waals surface area contributed by atoms with Crippen molar-refractivity contribution in [1.82, 2.24) is 4.57 Å². The fourth-order valence-corrected chi connectivity index (χ4v) is 4.25. The number of fused-ring (bicyclic) bond motifs is 1. The highest BCUT2D eigenvalue weighted by Crippen LogP contribution is 2.24. The lowest BCUT2D eigenvalue weighted by atomic mass is 10.1. The highest BCUT2D eigenvalue weighted by molar-refractivity contribution is 7.16. The second-order valence-electron chi connectivity index (χ2n) is 6.88. The number of nitrogens with zero attached hydrogens (tertiary/aromatic N) is 3. The van der Waals surface area contributed by atoms with Crippen molar-refractivity contribution < 1.29 is 19.2 Å². The summed E-state index contributed by atoms with van der Waals surface area (Å²) in [5, 5.41) is 11.2. The van der Waals surface area contributed by atoms with Crippen LogP contribution >= 0.6 is 11.3 Å². The molecule has 156 valence electrons. The van der Waals surface area contributed by atoms with E-state index in [4.69, 9.17) is 4.74 Å². The van der Waals surface area contributed by atoms with Crippen molar-refractivity contribution in [3.63, 3.8) is 0 Å². The molecule has 0 aliphatic carbocycles. The molecule has 0 saturated heterocycles. The fraction of sp³-hybridized carbons (Fsp3) is 0.286. The standard InChI is InChI=1S/C21H21N3O5S/c1-5-29-18(25)11-23-17-9-12(2)8-14(4)19(17)30-21(23)22-20(26)15-7-6-13(3)16(10-15)24(27)28/h6-10H,5,11H2,1-4H3. The number of benzene rings is 2. The molecule has 1 heterocycles. The van der Waals surface area contributed by atoms with Gasteiger partial charge in [-0.25, -0.2) is 0 Å². The Kier molecular flexibility index (Phi) is 6.12. The zero-order valence-electron chi connectivity index (χ0n) is 17.1. The number of carbonyl (C=O) groups excluding carboxylic acids is 2. The number of rotatable bonds is 5. The molecule has 0 aliphatic rings. The maximum absolute atomic E-state index is 12.8. The van der Waals surface area contributed by atoms with Crippen LogP contribution in [0.3, 0.4) is 0 Å². The molecule has 0 radical (unpaired) electrons. The molecule has 0 fully saturated rings. The largest absolute Gasteiger partial charge is 0.465 e. The van der Waals surface area contributed by atoms with Crippen LogP contribution in [0, 0.1) is 30.9 Å². The Balaban J connectivity index is 2.16. The first-order valence-electron chi connectivity index (χ1n) is 9.31. The minimum atomic E-state index is -0.614. The van der Waals surface area contributed by atoms with Gasteiger partial charge in [-0.1, -0.05) is 23.5 Å². The average Bonchev–Trinajstić information content (AvgIpc) is 2.99. The molecular weight excluding hydrogens is 406 g/mol. The first kappa shape index (κ1) is 21.4. The Bertz CT molecular complexity index is 1240. The van der Waals surface area contributed by atoms with Crippen LogP contribution < -0.4 is 4.80 Å². The van der Waals surface area contributed by atoms with Crippen molar-refractivity contribution in [3.05, 3.63) is 67.5 Å². The summed E-state index contributed by atoms with van der Waals surface area (Å²) >= 11 is 1.29. The molecule has 0 N–H and O–H groups in total. The number of amides is 1. The van der Waals surface area contributed by atoms with Crippen molar-refractivity contribution in [1.29, 1.82) is 0 Å². The molecular formula is C21H21N3O5S. The first-order valence-corrected chi connectivity index (χ1v) is 10.1. The van der Waals surface area contributed by atoms with Crippen LogP contribution in [0.25, 0.3) is 10.2 Å². The van der Waals surface area contributed by atoms with Crippen LogP contribution in [0.1, 0.15) is 34.0 Å². The zero-order valence-corrected chi connectivity index (χ0v) is 17.9. The molecule has 0 atom stereocenters. The lowest BCUT2D eigenvalue weighted by Gasteiger charge is -2.06. The summed E-state index contributed by atoms with van der Waals surface area (Å²) in [6, 6.07) is 8.19. The normalized spacial score (nSPS) is 11.7. The fourth-order valence-electron chi connectivity index (χ4n) is 3.18. The molecule has 9 heteroatoms. The van der Waals surface area contributed by atoms with E-state index in [1.165, 1.54) is 29.5 Å². The Morgan fingerprint density at radius 3 is 2.57 bits per heavy atom. The molecule has 0 aliphatic heterocycles. The molecule has 0 spiro atoms. The van der Waals surface area contributed by atoms with Gasteiger partial charge in [-0.3, -0.25) is 19.7 Å². The topological polar surface area (TPSA) is 104 Å². The lowest BCUT2D eigenvalue weighted by Crippen LogP contribution is -2.23. The van der Waals surface area contributed by atoms with E-state index in [-0.39, 0.29) is 24.4 Å². The zero-order chi connectivity index (χ0) is 22.0. The van der Waals surface area contributed by atoms with Crippen molar-refractivity contribution in [2.45, 2.75) is 34.2 Å². The van der Waals surface area contributed by atoms with Gasteiger partial charge in [0.15, 0.2) is 4.80 Å². The highest BCUT2D eigenvalue weighted by atomic mass is 32.1. The molecule has 0 saturated carbocycles. The van der Waals surface area contributed by atoms with E-state index in [2.05, 4.69) is 4.99 Å². The Hall–Kier alpha value is -3.33. The van der Waals surface area contributed by atoms with Crippen molar-refractivity contribution in [2.24, 2.45) is 4.99 Å². The number of ether oxygens (including phenoxy) is 1. The molecule has 3 rings (SSSR count). The summed E-state index contributed by atoms with van der Waals surface area (Å²) in [7, 11) is 0. The lowest BCUT2D eigenvalue weighted by molar-refractivity contribution is -0.385. The summed E-state index contributed by atoms with van der Waals surface area (Å²) in [4.78, 5) is 40.1. The van der Waals surface area contributed by atoms with E-state index < -0.39 is 16.8 Å². The summed E-state index contributed by atoms with van der Waals surface area (Å²) in [6.45, 7) is 7.40. The molecule has 1 aromatic heterocycles. The summed E-state index contributed by atoms with van der Waals surface area (Å²) in [5.41, 5.74) is 3.24. The molecule has 0 bridgehead atoms. The van der Waals surface area contributed by atoms with Crippen LogP contribution in [-0.2, 0) is 16.1 Å². The van der Waals surface area contributed by atoms with Gasteiger partial charge in [0.25, 0.3) is 11.6 Å². The van der Waals surface area contributed by atoms with Gasteiger partial charge in [-0.05, 0) is 51.0 Å². The van der Waals surface area contributed by atoms with Crippen molar-refractivity contribution in [2.75, 3.05) is 6.61 Å². The molecule has 8 nitrogen and oxygen atoms in total. The van der Waals surface area contributed by atoms with E-state index >= 15 is 0 Å². The average molecular weight is 427 g/mol. The van der Waals surface area contributed by atoms with Gasteiger partial charge in [-0.15, -0.1) is 0 Å². The number of nitro benzene ring substituents is 1. The summed E-state index contributed by atoms with van der Waals surface area (Å²) in [5.74, 6) is -1.05. The van der Waals surface area contributed by atoms with Crippen molar-refractivity contribution >= 4 is 39.1 Å². The Morgan fingerprint density at radius 1 is 1.17 bits per heavy atom. The number of hydrogen-bond acceptors (Lipinski definition) is 6. The van der Waals surface area contributed by atoms with Gasteiger partial charge in [0.05, 0.1) is 21.7 Å². The van der Waals surface area contributed by atoms with Gasteiger partial charge in [0.1, 0.15) is 6.54 Å². The molecule has 30 heavy (non-hydrogen) atoms. The third-order valence-electron chi connectivity index (χ3n) is 4.56. The Morgan fingerprint density at radius 2 is 1.90 bits per heavy atom. The van der Waals surface area contributed by atoms with E-state index in [9.17, 15) is 19.7 Å². The molecule has 2 aromatic carbocycles. The number of aryl methyl sites for hydroxylation is 3. The quantitative estimate of drug-likeness (QED) is 0.350. The molecule has 3 aromatic rings. The minimum Gasteiger partial charge on any atom is -0.465 e. The second kappa shape index (κ2) is 8.58. The van der Waals surface area contributed by atoms with E-state index in [1.54, 1.807) is 18.4 Å². The predicted octanol–water partition coefficient (Wildman–Crippen LogP) is 3.84. The van der Waals surface area contributed by atoms with Crippen LogP contribution in [0.15, 0.2) is 35.3 Å². The third kappa shape index (κ3) is 4.30. The molecule has 1 amide bonds. The van der Waals surface area contributed by atoms with Crippen LogP contribution in [0.5, 0.6) is 0 Å². The number of carbonyl (C=O) groups is 2. The highest BCUT2D eigenvalue weighted by Gasteiger charge is 2.17. The Labute approximate surface area is 176 Å². The second-order valence-corrected chi connectivity index (χ2v) is 7.86. The third-order valence-corrected chi connectivity index (χ3v) is 5.79. The number of esters is 1. The monoisotopic (exact) mass is 427 g/mol. The molecule has 0 unspecified atom stereocenters. The van der Waals surface area contributed by atoms with E-state index in [1.807, 2.05) is 26.0 Å². The number of aromatic nitrogens is 1. The first-order chi connectivity index (χ1) is 14.2. The van der Waals surface area contributed by atoms with Gasteiger partial charge in [0, 0.05) is 17.2 Å². The minimum absolute atomic E-state index is 0.0864. The summed E-state index contributed by atoms with van der Waals surface area (Å²) < 4.78 is 7.63. The van der Waals surface area contributed by atoms with Crippen LogP contribution in [0.4, 0.5) is 5.69 Å². The number of nitro groups is 1. The van der Waals surface area contributed by atoms with Crippen molar-refractivity contribution in [3.8, 4) is 0 Å². The van der Waals surface area contributed by atoms with Crippen LogP contribution in [0.2, 0.25) is 0 Å². The number of hydrogen-bond donors (Lipinski definition) is 0. The maximum Gasteiger partial charge on any atom is 0.326 e. The smallest absolute Gasteiger partial charge is 0.326 e. The van der Waals surface area contributed by atoms with Crippen LogP contribution in [-0.4, -0.2) is 28.0 Å². The van der Waals surface area contributed by atoms with Gasteiger partial charge < -0.3 is 9.30 Å². The predicted molar refractivity (Wildman–Crippen MR) is 114 cm³/mol. The van der Waals surface area contributed by atoms with Gasteiger partial charge >= 0.3 is 5.97 Å². The van der Waals surface area contributed by atoms with E-state index in [0.29, 0.717) is 10.4 Å². The maximum atomic E-state index is 12.8.